The first-order chi connectivity index (χ1) is 24.7. The number of carbonyl (C=O) groups excluding carboxylic acids is 1. The van der Waals surface area contributed by atoms with Gasteiger partial charge in [0, 0.05) is 26.3 Å². The van der Waals surface area contributed by atoms with Crippen LogP contribution in [0.15, 0.2) is 24.3 Å². The zero-order valence-electron chi connectivity index (χ0n) is 33.8. The number of hydrogen-bond acceptors (Lipinski definition) is 5. The molecule has 0 aromatic carbocycles. The van der Waals surface area contributed by atoms with Gasteiger partial charge in [-0.1, -0.05) is 161 Å². The molecule has 0 rings (SSSR count). The van der Waals surface area contributed by atoms with Crippen molar-refractivity contribution in [3.8, 4) is 0 Å². The molecule has 0 aliphatic carbocycles. The van der Waals surface area contributed by atoms with E-state index in [1.165, 1.54) is 167 Å². The van der Waals surface area contributed by atoms with Crippen LogP contribution in [0, 0.1) is 0 Å². The molecule has 0 bridgehead atoms. The summed E-state index contributed by atoms with van der Waals surface area (Å²) in [5, 5.41) is 6.03. The Morgan fingerprint density at radius 1 is 0.480 bits per heavy atom. The van der Waals surface area contributed by atoms with Crippen LogP contribution in [-0.4, -0.2) is 58.3 Å². The minimum atomic E-state index is -0.394. The van der Waals surface area contributed by atoms with Crippen LogP contribution in [0.1, 0.15) is 201 Å². The summed E-state index contributed by atoms with van der Waals surface area (Å²) < 4.78 is 17.5. The summed E-state index contributed by atoms with van der Waals surface area (Å²) >= 11 is 0. The molecular weight excluding hydrogens is 620 g/mol. The van der Waals surface area contributed by atoms with Gasteiger partial charge in [0.25, 0.3) is 0 Å². The first kappa shape index (κ1) is 48.6. The van der Waals surface area contributed by atoms with E-state index < -0.39 is 6.09 Å². The number of carbonyl (C=O) groups is 1. The van der Waals surface area contributed by atoms with E-state index in [4.69, 9.17) is 14.2 Å². The Bertz CT molecular complexity index is 668. The van der Waals surface area contributed by atoms with Crippen molar-refractivity contribution in [1.29, 1.82) is 0 Å². The lowest BCUT2D eigenvalue weighted by Crippen LogP contribution is -2.37. The van der Waals surface area contributed by atoms with Crippen molar-refractivity contribution >= 4 is 6.09 Å². The van der Waals surface area contributed by atoms with Crippen LogP contribution in [0.5, 0.6) is 0 Å². The second-order valence-electron chi connectivity index (χ2n) is 14.3. The van der Waals surface area contributed by atoms with Crippen LogP contribution in [0.2, 0.25) is 0 Å². The summed E-state index contributed by atoms with van der Waals surface area (Å²) in [5.41, 5.74) is 0. The first-order valence-corrected chi connectivity index (χ1v) is 21.8. The van der Waals surface area contributed by atoms with Crippen molar-refractivity contribution < 1.29 is 19.0 Å². The standard InChI is InChI=1S/C44H86N2O4/c1-4-7-9-11-13-15-17-19-21-23-25-27-29-31-33-35-39-48-41-43(50-44(47)46-38-37-45-6-3)42-49-40-36-34-32-30-28-26-24-22-20-18-16-14-12-10-8-5-2/h19-22,43,45H,4-18,23-42H2,1-3H3,(H,46,47)/b21-19-,22-20-. The third-order valence-corrected chi connectivity index (χ3v) is 9.30. The van der Waals surface area contributed by atoms with Crippen molar-refractivity contribution in [3.63, 3.8) is 0 Å². The summed E-state index contributed by atoms with van der Waals surface area (Å²) in [6.45, 7) is 11.0. The van der Waals surface area contributed by atoms with Crippen LogP contribution in [0.25, 0.3) is 0 Å². The molecule has 0 heterocycles. The average Bonchev–Trinajstić information content (AvgIpc) is 3.12. The van der Waals surface area contributed by atoms with Gasteiger partial charge in [0.15, 0.2) is 6.10 Å². The van der Waals surface area contributed by atoms with Crippen LogP contribution in [0.4, 0.5) is 4.79 Å². The molecule has 0 saturated carbocycles. The topological polar surface area (TPSA) is 68.8 Å². The molecule has 0 unspecified atom stereocenters. The van der Waals surface area contributed by atoms with Crippen molar-refractivity contribution in [2.45, 2.75) is 207 Å². The number of ether oxygens (including phenoxy) is 3. The maximum atomic E-state index is 12.3. The van der Waals surface area contributed by atoms with Crippen LogP contribution >= 0.6 is 0 Å². The van der Waals surface area contributed by atoms with Gasteiger partial charge in [-0.25, -0.2) is 4.79 Å². The minimum Gasteiger partial charge on any atom is -0.441 e. The molecule has 6 heteroatoms. The maximum absolute atomic E-state index is 12.3. The first-order valence-electron chi connectivity index (χ1n) is 21.8. The predicted molar refractivity (Wildman–Crippen MR) is 217 cm³/mol. The fourth-order valence-electron chi connectivity index (χ4n) is 6.07. The van der Waals surface area contributed by atoms with Gasteiger partial charge in [-0.05, 0) is 70.8 Å². The second-order valence-corrected chi connectivity index (χ2v) is 14.3. The average molecular weight is 707 g/mol. The highest BCUT2D eigenvalue weighted by molar-refractivity contribution is 5.67. The van der Waals surface area contributed by atoms with Gasteiger partial charge in [0.2, 0.25) is 0 Å². The van der Waals surface area contributed by atoms with Gasteiger partial charge in [0.1, 0.15) is 0 Å². The lowest BCUT2D eigenvalue weighted by molar-refractivity contribution is -0.0291. The van der Waals surface area contributed by atoms with Gasteiger partial charge >= 0.3 is 6.09 Å². The Kier molecular flexibility index (Phi) is 42.6. The number of likely N-dealkylation sites (N-methyl/N-ethyl adjacent to an activating group) is 1. The van der Waals surface area contributed by atoms with Crippen LogP contribution in [-0.2, 0) is 14.2 Å². The largest absolute Gasteiger partial charge is 0.441 e. The molecule has 296 valence electrons. The Morgan fingerprint density at radius 3 is 1.22 bits per heavy atom. The normalized spacial score (nSPS) is 11.8. The number of unbranched alkanes of at least 4 members (excludes halogenated alkanes) is 24. The highest BCUT2D eigenvalue weighted by Crippen LogP contribution is 2.12. The van der Waals surface area contributed by atoms with Gasteiger partial charge in [-0.3, -0.25) is 0 Å². The lowest BCUT2D eigenvalue weighted by atomic mass is 10.1. The molecule has 0 aromatic heterocycles. The summed E-state index contributed by atoms with van der Waals surface area (Å²) in [6, 6.07) is 0. The third-order valence-electron chi connectivity index (χ3n) is 9.30. The zero-order valence-corrected chi connectivity index (χ0v) is 33.8. The molecule has 50 heavy (non-hydrogen) atoms. The Balaban J connectivity index is 3.88. The Hall–Kier alpha value is -1.37. The van der Waals surface area contributed by atoms with E-state index in [9.17, 15) is 4.79 Å². The molecule has 0 radical (unpaired) electrons. The summed E-state index contributed by atoms with van der Waals surface area (Å²) in [5.74, 6) is 0. The molecule has 6 nitrogen and oxygen atoms in total. The highest BCUT2D eigenvalue weighted by Gasteiger charge is 2.15. The number of amides is 1. The molecule has 0 fully saturated rings. The molecule has 0 atom stereocenters. The van der Waals surface area contributed by atoms with Crippen LogP contribution < -0.4 is 10.6 Å². The highest BCUT2D eigenvalue weighted by atomic mass is 16.6. The minimum absolute atomic E-state index is 0.377. The summed E-state index contributed by atoms with van der Waals surface area (Å²) in [6.07, 6.45) is 45.2. The van der Waals surface area contributed by atoms with E-state index in [1.54, 1.807) is 0 Å². The summed E-state index contributed by atoms with van der Waals surface area (Å²) in [7, 11) is 0. The van der Waals surface area contributed by atoms with E-state index in [0.29, 0.717) is 33.0 Å². The second kappa shape index (κ2) is 43.8. The van der Waals surface area contributed by atoms with E-state index in [1.807, 2.05) is 0 Å². The third kappa shape index (κ3) is 41.1. The monoisotopic (exact) mass is 707 g/mol. The fraction of sp³-hybridized carbons (Fsp3) is 0.886. The molecule has 0 aromatic rings. The van der Waals surface area contributed by atoms with Crippen molar-refractivity contribution in [2.75, 3.05) is 46.1 Å². The zero-order chi connectivity index (χ0) is 36.3. The Labute approximate surface area is 312 Å². The van der Waals surface area contributed by atoms with Gasteiger partial charge in [-0.2, -0.15) is 0 Å². The number of hydrogen-bond donors (Lipinski definition) is 2. The van der Waals surface area contributed by atoms with E-state index in [-0.39, 0.29) is 6.10 Å². The van der Waals surface area contributed by atoms with Crippen molar-refractivity contribution in [2.24, 2.45) is 0 Å². The Morgan fingerprint density at radius 2 is 0.840 bits per heavy atom. The molecule has 1 amide bonds. The van der Waals surface area contributed by atoms with E-state index in [0.717, 1.165) is 25.9 Å². The predicted octanol–water partition coefficient (Wildman–Crippen LogP) is 12.8. The molecule has 2 N–H and O–H groups in total. The van der Waals surface area contributed by atoms with Crippen LogP contribution in [0.3, 0.4) is 0 Å². The SMILES string of the molecule is CCCCCCCC/C=C\CCCCCCCCOCC(COCCCCCCCC/C=C\CCCCCCCC)OC(=O)NCCNCC. The van der Waals surface area contributed by atoms with Crippen molar-refractivity contribution in [1.82, 2.24) is 10.6 Å². The maximum Gasteiger partial charge on any atom is 0.407 e. The quantitative estimate of drug-likeness (QED) is 0.0489. The number of allylic oxidation sites excluding steroid dienone is 4. The van der Waals surface area contributed by atoms with Gasteiger partial charge < -0.3 is 24.8 Å². The molecule has 0 aliphatic heterocycles. The van der Waals surface area contributed by atoms with Gasteiger partial charge in [-0.15, -0.1) is 0 Å². The molecular formula is C44H86N2O4. The van der Waals surface area contributed by atoms with Gasteiger partial charge in [0.05, 0.1) is 13.2 Å². The fourth-order valence-corrected chi connectivity index (χ4v) is 6.07. The number of alkyl carbamates (subject to hydrolysis) is 1. The number of nitrogens with one attached hydrogen (secondary N) is 2. The van der Waals surface area contributed by atoms with E-state index >= 15 is 0 Å². The summed E-state index contributed by atoms with van der Waals surface area (Å²) in [4.78, 5) is 12.3. The molecule has 0 aliphatic rings. The lowest BCUT2D eigenvalue weighted by Gasteiger charge is -2.19. The van der Waals surface area contributed by atoms with Crippen molar-refractivity contribution in [3.05, 3.63) is 24.3 Å². The molecule has 0 spiro atoms. The number of rotatable bonds is 41. The smallest absolute Gasteiger partial charge is 0.407 e. The molecule has 0 saturated heterocycles. The van der Waals surface area contributed by atoms with E-state index in [2.05, 4.69) is 55.7 Å².